The highest BCUT2D eigenvalue weighted by Gasteiger charge is 2.49. The van der Waals surface area contributed by atoms with Crippen molar-refractivity contribution >= 4 is 5.69 Å². The van der Waals surface area contributed by atoms with Gasteiger partial charge in [-0.25, -0.2) is 6.57 Å². The largest absolute Gasteiger partial charge is 0.573 e. The SMILES string of the molecule is [C-]#[N+]C1CC2(CCN(c3ccc(OC(F)(F)F)cc3)CC2)C1. The van der Waals surface area contributed by atoms with Gasteiger partial charge in [0.15, 0.2) is 0 Å². The molecule has 2 aliphatic rings. The molecule has 1 aromatic rings. The minimum absolute atomic E-state index is 0.191. The van der Waals surface area contributed by atoms with Crippen LogP contribution in [0.2, 0.25) is 0 Å². The molecule has 0 aromatic heterocycles. The molecule has 0 unspecified atom stereocenters. The molecule has 1 aromatic carbocycles. The quantitative estimate of drug-likeness (QED) is 0.759. The molecule has 0 atom stereocenters. The van der Waals surface area contributed by atoms with Crippen molar-refractivity contribution in [2.75, 3.05) is 18.0 Å². The fourth-order valence-corrected chi connectivity index (χ4v) is 3.54. The number of alkyl halides is 3. The van der Waals surface area contributed by atoms with Gasteiger partial charge in [0.1, 0.15) is 5.75 Å². The number of anilines is 1. The summed E-state index contributed by atoms with van der Waals surface area (Å²) in [6.07, 6.45) is -0.534. The second kappa shape index (κ2) is 5.38. The van der Waals surface area contributed by atoms with Gasteiger partial charge in [-0.05, 0) is 42.5 Å². The lowest BCUT2D eigenvalue weighted by Gasteiger charge is -2.48. The monoisotopic (exact) mass is 310 g/mol. The number of nitrogens with zero attached hydrogens (tertiary/aromatic N) is 2. The normalized spacial score (nSPS) is 21.3. The number of rotatable bonds is 2. The number of hydrogen-bond donors (Lipinski definition) is 0. The van der Waals surface area contributed by atoms with Crippen molar-refractivity contribution in [1.82, 2.24) is 0 Å². The maximum absolute atomic E-state index is 12.1. The molecule has 1 spiro atoms. The lowest BCUT2D eigenvalue weighted by atomic mass is 9.60. The molecule has 1 aliphatic heterocycles. The number of hydrogen-bond acceptors (Lipinski definition) is 2. The van der Waals surface area contributed by atoms with Gasteiger partial charge in [-0.15, -0.1) is 13.2 Å². The van der Waals surface area contributed by atoms with E-state index in [0.29, 0.717) is 5.41 Å². The van der Waals surface area contributed by atoms with Gasteiger partial charge in [0.2, 0.25) is 6.04 Å². The van der Waals surface area contributed by atoms with E-state index in [-0.39, 0.29) is 11.8 Å². The maximum Gasteiger partial charge on any atom is 0.573 e. The van der Waals surface area contributed by atoms with Crippen molar-refractivity contribution in [3.8, 4) is 5.75 Å². The van der Waals surface area contributed by atoms with Gasteiger partial charge < -0.3 is 14.5 Å². The molecular weight excluding hydrogens is 293 g/mol. The van der Waals surface area contributed by atoms with Crippen LogP contribution >= 0.6 is 0 Å². The van der Waals surface area contributed by atoms with E-state index in [1.165, 1.54) is 12.1 Å². The van der Waals surface area contributed by atoms with Crippen LogP contribution in [0.15, 0.2) is 24.3 Å². The zero-order valence-electron chi connectivity index (χ0n) is 12.1. The highest BCUT2D eigenvalue weighted by Crippen LogP contribution is 2.50. The molecule has 1 saturated heterocycles. The van der Waals surface area contributed by atoms with Crippen molar-refractivity contribution in [1.29, 1.82) is 0 Å². The van der Waals surface area contributed by atoms with E-state index in [9.17, 15) is 13.2 Å². The first-order chi connectivity index (χ1) is 10.4. The summed E-state index contributed by atoms with van der Waals surface area (Å²) in [5.41, 5.74) is 1.26. The molecule has 3 rings (SSSR count). The zero-order chi connectivity index (χ0) is 15.8. The lowest BCUT2D eigenvalue weighted by molar-refractivity contribution is -0.274. The van der Waals surface area contributed by atoms with Crippen LogP contribution in [0.3, 0.4) is 0 Å². The average Bonchev–Trinajstić information content (AvgIpc) is 2.44. The molecule has 2 fully saturated rings. The van der Waals surface area contributed by atoms with Gasteiger partial charge in [-0.1, -0.05) is 0 Å². The van der Waals surface area contributed by atoms with Gasteiger partial charge in [0, 0.05) is 31.6 Å². The number of piperidine rings is 1. The Bertz CT molecular complexity index is 561. The predicted molar refractivity (Wildman–Crippen MR) is 76.6 cm³/mol. The standard InChI is InChI=1S/C16H17F3N2O/c1-20-12-10-15(11-12)6-8-21(9-7-15)13-2-4-14(5-3-13)22-16(17,18)19/h2-5,12H,6-11H2. The Balaban J connectivity index is 1.57. The van der Waals surface area contributed by atoms with Gasteiger partial charge in [-0.3, -0.25) is 0 Å². The van der Waals surface area contributed by atoms with Crippen LogP contribution in [-0.2, 0) is 0 Å². The number of halogens is 3. The summed E-state index contributed by atoms with van der Waals surface area (Å²) >= 11 is 0. The van der Waals surface area contributed by atoms with Crippen molar-refractivity contribution in [2.24, 2.45) is 5.41 Å². The van der Waals surface area contributed by atoms with E-state index < -0.39 is 6.36 Å². The van der Waals surface area contributed by atoms with Gasteiger partial charge >= 0.3 is 6.36 Å². The van der Waals surface area contributed by atoms with Crippen LogP contribution < -0.4 is 9.64 Å². The minimum Gasteiger partial charge on any atom is -0.406 e. The minimum atomic E-state index is -4.65. The second-order valence-corrected chi connectivity index (χ2v) is 6.22. The second-order valence-electron chi connectivity index (χ2n) is 6.22. The van der Waals surface area contributed by atoms with E-state index in [2.05, 4.69) is 14.5 Å². The summed E-state index contributed by atoms with van der Waals surface area (Å²) in [6, 6.07) is 6.24. The molecular formula is C16H17F3N2O. The van der Waals surface area contributed by atoms with Crippen LogP contribution in [-0.4, -0.2) is 25.5 Å². The Morgan fingerprint density at radius 3 is 2.23 bits per heavy atom. The van der Waals surface area contributed by atoms with Crippen molar-refractivity contribution in [2.45, 2.75) is 38.1 Å². The van der Waals surface area contributed by atoms with Crippen molar-refractivity contribution in [3.63, 3.8) is 0 Å². The fourth-order valence-electron chi connectivity index (χ4n) is 3.54. The van der Waals surface area contributed by atoms with Crippen LogP contribution in [0, 0.1) is 12.0 Å². The molecule has 1 heterocycles. The molecule has 3 nitrogen and oxygen atoms in total. The average molecular weight is 310 g/mol. The van der Waals surface area contributed by atoms with E-state index in [4.69, 9.17) is 6.57 Å². The third kappa shape index (κ3) is 3.13. The molecule has 0 amide bonds. The molecule has 118 valence electrons. The molecule has 6 heteroatoms. The van der Waals surface area contributed by atoms with Gasteiger partial charge in [0.25, 0.3) is 0 Å². The smallest absolute Gasteiger partial charge is 0.406 e. The topological polar surface area (TPSA) is 16.8 Å². The predicted octanol–water partition coefficient (Wildman–Crippen LogP) is 4.25. The fraction of sp³-hybridized carbons (Fsp3) is 0.562. The Kier molecular flexibility index (Phi) is 3.67. The molecule has 0 bridgehead atoms. The van der Waals surface area contributed by atoms with Crippen LogP contribution in [0.25, 0.3) is 4.85 Å². The van der Waals surface area contributed by atoms with Crippen LogP contribution in [0.5, 0.6) is 5.75 Å². The summed E-state index contributed by atoms with van der Waals surface area (Å²) in [5.74, 6) is -0.191. The lowest BCUT2D eigenvalue weighted by Crippen LogP contribution is -2.48. The van der Waals surface area contributed by atoms with Gasteiger partial charge in [-0.2, -0.15) is 0 Å². The maximum atomic E-state index is 12.1. The van der Waals surface area contributed by atoms with E-state index in [1.807, 2.05) is 0 Å². The summed E-state index contributed by atoms with van der Waals surface area (Å²) < 4.78 is 40.3. The molecule has 0 N–H and O–H groups in total. The number of ether oxygens (including phenoxy) is 1. The van der Waals surface area contributed by atoms with Gasteiger partial charge in [0.05, 0.1) is 0 Å². The van der Waals surface area contributed by atoms with E-state index in [0.717, 1.165) is 44.5 Å². The van der Waals surface area contributed by atoms with E-state index in [1.54, 1.807) is 12.1 Å². The highest BCUT2D eigenvalue weighted by molar-refractivity contribution is 5.49. The summed E-state index contributed by atoms with van der Waals surface area (Å²) in [5, 5.41) is 0. The summed E-state index contributed by atoms with van der Waals surface area (Å²) in [7, 11) is 0. The Morgan fingerprint density at radius 2 is 1.73 bits per heavy atom. The first-order valence-corrected chi connectivity index (χ1v) is 7.37. The Morgan fingerprint density at radius 1 is 1.14 bits per heavy atom. The van der Waals surface area contributed by atoms with Crippen molar-refractivity contribution < 1.29 is 17.9 Å². The Labute approximate surface area is 127 Å². The van der Waals surface area contributed by atoms with Crippen LogP contribution in [0.1, 0.15) is 25.7 Å². The van der Waals surface area contributed by atoms with Crippen LogP contribution in [0.4, 0.5) is 18.9 Å². The zero-order valence-corrected chi connectivity index (χ0v) is 12.1. The molecule has 0 radical (unpaired) electrons. The Hall–Kier alpha value is -1.90. The van der Waals surface area contributed by atoms with Crippen molar-refractivity contribution in [3.05, 3.63) is 35.7 Å². The third-order valence-electron chi connectivity index (χ3n) is 4.78. The summed E-state index contributed by atoms with van der Waals surface area (Å²) in [6.45, 7) is 8.83. The highest BCUT2D eigenvalue weighted by atomic mass is 19.4. The molecule has 1 saturated carbocycles. The molecule has 1 aliphatic carbocycles. The van der Waals surface area contributed by atoms with E-state index >= 15 is 0 Å². The first-order valence-electron chi connectivity index (χ1n) is 7.37. The summed E-state index contributed by atoms with van der Waals surface area (Å²) in [4.78, 5) is 5.78. The number of benzene rings is 1. The third-order valence-corrected chi connectivity index (χ3v) is 4.78. The first kappa shape index (κ1) is 15.0. The molecule has 22 heavy (non-hydrogen) atoms.